The molecule has 6 nitrogen and oxygen atoms in total. The monoisotopic (exact) mass is 294 g/mol. The van der Waals surface area contributed by atoms with E-state index in [-0.39, 0.29) is 23.1 Å². The van der Waals surface area contributed by atoms with E-state index in [9.17, 15) is 4.79 Å². The lowest BCUT2D eigenvalue weighted by atomic mass is 9.56. The number of nitrogens with zero attached hydrogens (tertiary/aromatic N) is 2. The van der Waals surface area contributed by atoms with Gasteiger partial charge >= 0.3 is 6.03 Å². The first-order valence-corrected chi connectivity index (χ1v) is 7.39. The fraction of sp³-hybridized carbons (Fsp3) is 0.733. The zero-order valence-corrected chi connectivity index (χ0v) is 13.8. The second-order valence-electron chi connectivity index (χ2n) is 6.51. The van der Waals surface area contributed by atoms with Crippen molar-refractivity contribution in [1.82, 2.24) is 15.1 Å². The zero-order chi connectivity index (χ0) is 15.8. The normalized spacial score (nSPS) is 27.0. The molecule has 1 aromatic rings. The van der Waals surface area contributed by atoms with Crippen LogP contribution in [0.15, 0.2) is 6.07 Å². The molecule has 0 radical (unpaired) electrons. The van der Waals surface area contributed by atoms with E-state index in [1.807, 2.05) is 20.0 Å². The molecule has 118 valence electrons. The Balaban J connectivity index is 1.96. The highest BCUT2D eigenvalue weighted by atomic mass is 16.5. The predicted molar refractivity (Wildman–Crippen MR) is 82.3 cm³/mol. The summed E-state index contributed by atoms with van der Waals surface area (Å²) < 4.78 is 7.25. The molecular weight excluding hydrogens is 268 g/mol. The molecule has 2 N–H and O–H groups in total. The molecule has 21 heavy (non-hydrogen) atoms. The second kappa shape index (κ2) is 5.33. The number of methoxy groups -OCH3 is 1. The van der Waals surface area contributed by atoms with Gasteiger partial charge in [0.15, 0.2) is 0 Å². The van der Waals surface area contributed by atoms with E-state index < -0.39 is 0 Å². The topological polar surface area (TPSA) is 68.2 Å². The first kappa shape index (κ1) is 15.8. The number of rotatable bonds is 4. The minimum atomic E-state index is -0.197. The molecule has 0 saturated heterocycles. The Hall–Kier alpha value is -1.56. The quantitative estimate of drug-likeness (QED) is 0.895. The predicted octanol–water partition coefficient (Wildman–Crippen LogP) is 2.31. The van der Waals surface area contributed by atoms with Crippen LogP contribution in [0.2, 0.25) is 0 Å². The van der Waals surface area contributed by atoms with Gasteiger partial charge in [-0.25, -0.2) is 4.79 Å². The number of amides is 2. The maximum Gasteiger partial charge on any atom is 0.320 e. The molecule has 1 saturated carbocycles. The van der Waals surface area contributed by atoms with Crippen molar-refractivity contribution in [1.29, 1.82) is 0 Å². The molecule has 0 aromatic carbocycles. The van der Waals surface area contributed by atoms with Crippen LogP contribution in [0, 0.1) is 5.41 Å². The maximum atomic E-state index is 12.1. The van der Waals surface area contributed by atoms with E-state index in [4.69, 9.17) is 4.74 Å². The van der Waals surface area contributed by atoms with E-state index in [0.717, 1.165) is 18.5 Å². The smallest absolute Gasteiger partial charge is 0.320 e. The standard InChI is InChI=1S/C15H26N4O2/c1-7-10-8-12(19(5)18-10)17-13(20)16-11-9-15(4,21-6)14(11,2)3/h8,11H,7,9H2,1-6H3,(H2,16,17,20)/t11-,15-/m0/s1. The number of carbonyl (C=O) groups is 1. The molecule has 1 aliphatic rings. The molecule has 0 spiro atoms. The summed E-state index contributed by atoms with van der Waals surface area (Å²) in [4.78, 5) is 12.1. The van der Waals surface area contributed by atoms with Gasteiger partial charge < -0.3 is 10.1 Å². The SMILES string of the molecule is CCc1cc(NC(=O)N[C@H]2C[C@](C)(OC)C2(C)C)n(C)n1. The van der Waals surface area contributed by atoms with Crippen molar-refractivity contribution in [2.75, 3.05) is 12.4 Å². The number of aryl methyl sites for hydroxylation is 2. The van der Waals surface area contributed by atoms with Crippen LogP contribution in [-0.2, 0) is 18.2 Å². The zero-order valence-electron chi connectivity index (χ0n) is 13.8. The number of aromatic nitrogens is 2. The summed E-state index contributed by atoms with van der Waals surface area (Å²) in [7, 11) is 3.55. The number of urea groups is 1. The Morgan fingerprint density at radius 1 is 1.52 bits per heavy atom. The van der Waals surface area contributed by atoms with Crippen LogP contribution in [0.3, 0.4) is 0 Å². The van der Waals surface area contributed by atoms with E-state index in [1.54, 1.807) is 11.8 Å². The van der Waals surface area contributed by atoms with Crippen LogP contribution >= 0.6 is 0 Å². The van der Waals surface area contributed by atoms with Crippen molar-refractivity contribution in [3.05, 3.63) is 11.8 Å². The summed E-state index contributed by atoms with van der Waals surface area (Å²) in [5.41, 5.74) is 0.677. The van der Waals surface area contributed by atoms with Gasteiger partial charge in [-0.05, 0) is 19.8 Å². The van der Waals surface area contributed by atoms with Crippen LogP contribution < -0.4 is 10.6 Å². The lowest BCUT2D eigenvalue weighted by molar-refractivity contribution is -0.177. The van der Waals surface area contributed by atoms with Crippen LogP contribution in [0.25, 0.3) is 0 Å². The van der Waals surface area contributed by atoms with E-state index in [1.165, 1.54) is 0 Å². The van der Waals surface area contributed by atoms with Crippen molar-refractivity contribution in [3.63, 3.8) is 0 Å². The number of hydrogen-bond donors (Lipinski definition) is 2. The van der Waals surface area contributed by atoms with Crippen LogP contribution in [0.4, 0.5) is 10.6 Å². The number of ether oxygens (including phenoxy) is 1. The van der Waals surface area contributed by atoms with Gasteiger partial charge in [-0.2, -0.15) is 5.10 Å². The molecule has 1 fully saturated rings. The summed E-state index contributed by atoms with van der Waals surface area (Å²) in [6.45, 7) is 8.35. The van der Waals surface area contributed by atoms with E-state index >= 15 is 0 Å². The molecule has 1 heterocycles. The minimum Gasteiger partial charge on any atom is -0.378 e. The molecule has 0 aliphatic heterocycles. The fourth-order valence-electron chi connectivity index (χ4n) is 2.85. The van der Waals surface area contributed by atoms with Gasteiger partial charge in [0.2, 0.25) is 0 Å². The molecule has 2 amide bonds. The Bertz CT molecular complexity index is 538. The molecule has 1 aromatic heterocycles. The van der Waals surface area contributed by atoms with Gasteiger partial charge in [0, 0.05) is 31.7 Å². The number of nitrogens with one attached hydrogen (secondary N) is 2. The minimum absolute atomic E-state index is 0.0971. The summed E-state index contributed by atoms with van der Waals surface area (Å²) >= 11 is 0. The average Bonchev–Trinajstić information content (AvgIpc) is 2.78. The summed E-state index contributed by atoms with van der Waals surface area (Å²) in [6.07, 6.45) is 1.66. The Morgan fingerprint density at radius 2 is 2.19 bits per heavy atom. The van der Waals surface area contributed by atoms with Gasteiger partial charge in [0.1, 0.15) is 5.82 Å². The number of hydrogen-bond acceptors (Lipinski definition) is 3. The van der Waals surface area contributed by atoms with Crippen LogP contribution in [0.1, 0.15) is 39.8 Å². The third-order valence-electron chi connectivity index (χ3n) is 5.12. The Morgan fingerprint density at radius 3 is 2.67 bits per heavy atom. The highest BCUT2D eigenvalue weighted by Gasteiger charge is 2.58. The maximum absolute atomic E-state index is 12.1. The van der Waals surface area contributed by atoms with Gasteiger partial charge in [-0.15, -0.1) is 0 Å². The third kappa shape index (κ3) is 2.64. The van der Waals surface area contributed by atoms with E-state index in [2.05, 4.69) is 36.5 Å². The average molecular weight is 294 g/mol. The fourth-order valence-corrected chi connectivity index (χ4v) is 2.85. The van der Waals surface area contributed by atoms with Gasteiger partial charge in [0.25, 0.3) is 0 Å². The van der Waals surface area contributed by atoms with Crippen molar-refractivity contribution in [2.45, 2.75) is 52.2 Å². The summed E-state index contributed by atoms with van der Waals surface area (Å²) in [5.74, 6) is 0.705. The molecule has 1 aliphatic carbocycles. The van der Waals surface area contributed by atoms with E-state index in [0.29, 0.717) is 5.82 Å². The lowest BCUT2D eigenvalue weighted by Gasteiger charge is -2.58. The molecular formula is C15H26N4O2. The first-order chi connectivity index (χ1) is 9.73. The van der Waals surface area contributed by atoms with Crippen molar-refractivity contribution < 1.29 is 9.53 Å². The molecule has 0 bridgehead atoms. The molecule has 6 heteroatoms. The second-order valence-corrected chi connectivity index (χ2v) is 6.51. The Kier molecular flexibility index (Phi) is 4.02. The third-order valence-corrected chi connectivity index (χ3v) is 5.12. The van der Waals surface area contributed by atoms with Crippen molar-refractivity contribution >= 4 is 11.8 Å². The number of carbonyl (C=O) groups excluding carboxylic acids is 1. The molecule has 2 rings (SSSR count). The van der Waals surface area contributed by atoms with Gasteiger partial charge in [-0.1, -0.05) is 20.8 Å². The van der Waals surface area contributed by atoms with Gasteiger partial charge in [0.05, 0.1) is 11.3 Å². The highest BCUT2D eigenvalue weighted by Crippen LogP contribution is 2.51. The first-order valence-electron chi connectivity index (χ1n) is 7.39. The Labute approximate surface area is 126 Å². The molecule has 0 unspecified atom stereocenters. The lowest BCUT2D eigenvalue weighted by Crippen LogP contribution is -2.68. The largest absolute Gasteiger partial charge is 0.378 e. The van der Waals surface area contributed by atoms with Crippen molar-refractivity contribution in [3.8, 4) is 0 Å². The highest BCUT2D eigenvalue weighted by molar-refractivity contribution is 5.88. The summed E-state index contributed by atoms with van der Waals surface area (Å²) in [5, 5.41) is 10.2. The molecule has 2 atom stereocenters. The van der Waals surface area contributed by atoms with Crippen molar-refractivity contribution in [2.24, 2.45) is 12.5 Å². The van der Waals surface area contributed by atoms with Crippen LogP contribution in [-0.4, -0.2) is 34.6 Å². The number of anilines is 1. The summed E-state index contributed by atoms with van der Waals surface area (Å²) in [6, 6.07) is 1.79. The van der Waals surface area contributed by atoms with Crippen LogP contribution in [0.5, 0.6) is 0 Å². The van der Waals surface area contributed by atoms with Gasteiger partial charge in [-0.3, -0.25) is 10.00 Å².